The molecule has 0 bridgehead atoms. The summed E-state index contributed by atoms with van der Waals surface area (Å²) in [6, 6.07) is 13.7. The highest BCUT2D eigenvalue weighted by Crippen LogP contribution is 2.30. The van der Waals surface area contributed by atoms with Crippen LogP contribution in [-0.4, -0.2) is 33.0 Å². The molecule has 126 valence electrons. The molecule has 0 saturated heterocycles. The van der Waals surface area contributed by atoms with Crippen molar-refractivity contribution in [3.05, 3.63) is 66.0 Å². The number of carbonyl (C=O) groups is 1. The minimum atomic E-state index is -0.737. The summed E-state index contributed by atoms with van der Waals surface area (Å²) in [4.78, 5) is 18.7. The molecule has 1 heterocycles. The van der Waals surface area contributed by atoms with Gasteiger partial charge in [0.15, 0.2) is 0 Å². The highest BCUT2D eigenvalue weighted by molar-refractivity contribution is 5.78. The second-order valence-electron chi connectivity index (χ2n) is 6.70. The number of hydrogen-bond acceptors (Lipinski definition) is 3. The van der Waals surface area contributed by atoms with Gasteiger partial charge in [-0.05, 0) is 30.0 Å². The van der Waals surface area contributed by atoms with E-state index in [2.05, 4.69) is 4.98 Å². The highest BCUT2D eigenvalue weighted by Gasteiger charge is 2.34. The Morgan fingerprint density at radius 1 is 1.08 bits per heavy atom. The van der Waals surface area contributed by atoms with Crippen molar-refractivity contribution in [3.8, 4) is 0 Å². The van der Waals surface area contributed by atoms with Crippen LogP contribution in [0, 0.1) is 0 Å². The molecule has 4 nitrogen and oxygen atoms in total. The Hall–Kier alpha value is -2.20. The first-order valence-electron chi connectivity index (χ1n) is 8.58. The van der Waals surface area contributed by atoms with Gasteiger partial charge in [-0.25, -0.2) is 0 Å². The third-order valence-corrected chi connectivity index (χ3v) is 4.67. The van der Waals surface area contributed by atoms with E-state index < -0.39 is 5.60 Å². The molecule has 1 N–H and O–H groups in total. The molecule has 1 saturated carbocycles. The molecule has 0 spiro atoms. The number of amides is 1. The average Bonchev–Trinajstić information content (AvgIpc) is 3.02. The van der Waals surface area contributed by atoms with Gasteiger partial charge in [0.05, 0.1) is 12.0 Å². The lowest BCUT2D eigenvalue weighted by Crippen LogP contribution is -2.44. The van der Waals surface area contributed by atoms with E-state index in [1.807, 2.05) is 42.5 Å². The van der Waals surface area contributed by atoms with Gasteiger partial charge in [-0.15, -0.1) is 0 Å². The zero-order valence-corrected chi connectivity index (χ0v) is 13.9. The summed E-state index contributed by atoms with van der Waals surface area (Å²) < 4.78 is 0. The third kappa shape index (κ3) is 4.42. The summed E-state index contributed by atoms with van der Waals surface area (Å²) >= 11 is 0. The molecule has 1 aromatic carbocycles. The summed E-state index contributed by atoms with van der Waals surface area (Å²) in [5.41, 5.74) is 1.25. The van der Waals surface area contributed by atoms with E-state index in [1.54, 1.807) is 17.3 Å². The van der Waals surface area contributed by atoms with Crippen LogP contribution in [0.2, 0.25) is 0 Å². The first kappa shape index (κ1) is 16.7. The molecule has 1 aliphatic rings. The Bertz CT molecular complexity index is 652. The number of benzene rings is 1. The van der Waals surface area contributed by atoms with Crippen molar-refractivity contribution in [2.75, 3.05) is 6.54 Å². The fourth-order valence-corrected chi connectivity index (χ4v) is 3.37. The maximum Gasteiger partial charge on any atom is 0.227 e. The Kier molecular flexibility index (Phi) is 5.26. The van der Waals surface area contributed by atoms with Crippen LogP contribution in [-0.2, 0) is 17.8 Å². The van der Waals surface area contributed by atoms with Crippen LogP contribution in [0.15, 0.2) is 54.9 Å². The Balaban J connectivity index is 1.74. The van der Waals surface area contributed by atoms with E-state index in [1.165, 1.54) is 0 Å². The van der Waals surface area contributed by atoms with Gasteiger partial charge in [-0.2, -0.15) is 0 Å². The van der Waals surface area contributed by atoms with Crippen molar-refractivity contribution in [2.45, 2.75) is 44.2 Å². The van der Waals surface area contributed by atoms with Crippen LogP contribution >= 0.6 is 0 Å². The molecular weight excluding hydrogens is 300 g/mol. The van der Waals surface area contributed by atoms with Crippen molar-refractivity contribution in [3.63, 3.8) is 0 Å². The van der Waals surface area contributed by atoms with Crippen molar-refractivity contribution in [2.24, 2.45) is 0 Å². The van der Waals surface area contributed by atoms with Crippen molar-refractivity contribution >= 4 is 5.91 Å². The molecule has 4 heteroatoms. The zero-order chi connectivity index (χ0) is 16.8. The average molecular weight is 324 g/mol. The highest BCUT2D eigenvalue weighted by atomic mass is 16.3. The topological polar surface area (TPSA) is 53.4 Å². The number of carbonyl (C=O) groups excluding carboxylic acids is 1. The quantitative estimate of drug-likeness (QED) is 0.889. The molecule has 0 aliphatic heterocycles. The van der Waals surface area contributed by atoms with Gasteiger partial charge in [0.25, 0.3) is 0 Å². The van der Waals surface area contributed by atoms with E-state index in [0.717, 1.165) is 36.8 Å². The minimum absolute atomic E-state index is 0.0344. The van der Waals surface area contributed by atoms with Crippen LogP contribution in [0.5, 0.6) is 0 Å². The van der Waals surface area contributed by atoms with Gasteiger partial charge in [0.2, 0.25) is 5.91 Å². The number of aromatic nitrogens is 1. The lowest BCUT2D eigenvalue weighted by Gasteiger charge is -2.31. The largest absolute Gasteiger partial charge is 0.388 e. The van der Waals surface area contributed by atoms with Gasteiger partial charge >= 0.3 is 0 Å². The molecule has 1 aromatic heterocycles. The predicted octanol–water partition coefficient (Wildman–Crippen LogP) is 2.96. The summed E-state index contributed by atoms with van der Waals surface area (Å²) in [6.45, 7) is 0.934. The van der Waals surface area contributed by atoms with E-state index in [0.29, 0.717) is 19.5 Å². The fourth-order valence-electron chi connectivity index (χ4n) is 3.37. The summed E-state index contributed by atoms with van der Waals surface area (Å²) in [5, 5.41) is 10.7. The van der Waals surface area contributed by atoms with Gasteiger partial charge in [-0.1, -0.05) is 49.2 Å². The molecule has 3 rings (SSSR count). The predicted molar refractivity (Wildman–Crippen MR) is 93.2 cm³/mol. The molecular formula is C20H24N2O2. The van der Waals surface area contributed by atoms with Crippen molar-refractivity contribution < 1.29 is 9.90 Å². The summed E-state index contributed by atoms with van der Waals surface area (Å²) in [5.74, 6) is 0.0344. The number of pyridine rings is 1. The molecule has 1 aliphatic carbocycles. The molecule has 1 amide bonds. The number of rotatable bonds is 6. The van der Waals surface area contributed by atoms with Gasteiger partial charge < -0.3 is 10.0 Å². The smallest absolute Gasteiger partial charge is 0.227 e. The number of hydrogen-bond donors (Lipinski definition) is 1. The van der Waals surface area contributed by atoms with Crippen LogP contribution in [0.3, 0.4) is 0 Å². The minimum Gasteiger partial charge on any atom is -0.388 e. The fraction of sp³-hybridized carbons (Fsp3) is 0.400. The van der Waals surface area contributed by atoms with E-state index in [-0.39, 0.29) is 5.91 Å². The Labute approximate surface area is 143 Å². The van der Waals surface area contributed by atoms with Crippen LogP contribution in [0.25, 0.3) is 0 Å². The maximum absolute atomic E-state index is 12.8. The molecule has 2 aromatic rings. The first-order chi connectivity index (χ1) is 11.6. The third-order valence-electron chi connectivity index (χ3n) is 4.67. The van der Waals surface area contributed by atoms with E-state index in [9.17, 15) is 9.90 Å². The number of aliphatic hydroxyl groups is 1. The maximum atomic E-state index is 12.8. The zero-order valence-electron chi connectivity index (χ0n) is 13.9. The van der Waals surface area contributed by atoms with Gasteiger partial charge in [0, 0.05) is 25.5 Å². The molecule has 0 atom stereocenters. The summed E-state index contributed by atoms with van der Waals surface area (Å²) in [7, 11) is 0. The van der Waals surface area contributed by atoms with Crippen LogP contribution < -0.4 is 0 Å². The van der Waals surface area contributed by atoms with E-state index in [4.69, 9.17) is 0 Å². The van der Waals surface area contributed by atoms with Crippen LogP contribution in [0.4, 0.5) is 0 Å². The Morgan fingerprint density at radius 3 is 2.46 bits per heavy atom. The normalized spacial score (nSPS) is 16.0. The number of nitrogens with zero attached hydrogens (tertiary/aromatic N) is 2. The van der Waals surface area contributed by atoms with Crippen LogP contribution in [0.1, 0.15) is 36.8 Å². The first-order valence-corrected chi connectivity index (χ1v) is 8.58. The van der Waals surface area contributed by atoms with E-state index >= 15 is 0 Å². The molecule has 1 fully saturated rings. The van der Waals surface area contributed by atoms with Crippen molar-refractivity contribution in [1.29, 1.82) is 0 Å². The molecule has 24 heavy (non-hydrogen) atoms. The van der Waals surface area contributed by atoms with Crippen molar-refractivity contribution in [1.82, 2.24) is 9.88 Å². The Morgan fingerprint density at radius 2 is 1.79 bits per heavy atom. The summed E-state index contributed by atoms with van der Waals surface area (Å²) in [6.07, 6.45) is 7.37. The van der Waals surface area contributed by atoms with Gasteiger partial charge in [-0.3, -0.25) is 9.78 Å². The SMILES string of the molecule is O=C(Cc1cccnc1)N(Cc1ccccc1)CC1(O)CCCC1. The molecule has 0 radical (unpaired) electrons. The second kappa shape index (κ2) is 7.58. The standard InChI is InChI=1S/C20H24N2O2/c23-19(13-18-9-6-12-21-14-18)22(15-17-7-2-1-3-8-17)16-20(24)10-4-5-11-20/h1-3,6-9,12,14,24H,4-5,10-11,13,15-16H2. The second-order valence-corrected chi connectivity index (χ2v) is 6.70. The molecule has 0 unspecified atom stereocenters. The van der Waals surface area contributed by atoms with Gasteiger partial charge in [0.1, 0.15) is 0 Å². The lowest BCUT2D eigenvalue weighted by molar-refractivity contribution is -0.134. The monoisotopic (exact) mass is 324 g/mol. The lowest BCUT2D eigenvalue weighted by atomic mass is 10.0.